The van der Waals surface area contributed by atoms with Crippen molar-refractivity contribution in [2.45, 2.75) is 45.7 Å². The number of hydrogen-bond acceptors (Lipinski definition) is 2. The van der Waals surface area contributed by atoms with Gasteiger partial charge in [0.15, 0.2) is 0 Å². The van der Waals surface area contributed by atoms with Crippen LogP contribution in [0.1, 0.15) is 33.6 Å². The number of nitrogens with zero attached hydrogens (tertiary/aromatic N) is 1. The normalized spacial score (nSPS) is 16.5. The minimum atomic E-state index is 0.652. The molecular weight excluding hydrogens is 148 g/mol. The standard InChI is InChI=1S/C10H24N2/c1-6-9(3)11-8-10(7-2)12(4)5/h9-11H,6-8H2,1-5H3. The zero-order valence-corrected chi connectivity index (χ0v) is 9.22. The molecule has 0 bridgehead atoms. The van der Waals surface area contributed by atoms with Gasteiger partial charge in [0.05, 0.1) is 0 Å². The van der Waals surface area contributed by atoms with Crippen LogP contribution in [0, 0.1) is 0 Å². The maximum Gasteiger partial charge on any atom is 0.0212 e. The molecule has 0 aliphatic heterocycles. The van der Waals surface area contributed by atoms with E-state index in [1.807, 2.05) is 0 Å². The quantitative estimate of drug-likeness (QED) is 0.656. The topological polar surface area (TPSA) is 15.3 Å². The third kappa shape index (κ3) is 4.73. The molecule has 0 aliphatic carbocycles. The molecule has 0 amide bonds. The van der Waals surface area contributed by atoms with Crippen LogP contribution in [0.25, 0.3) is 0 Å². The van der Waals surface area contributed by atoms with Crippen LogP contribution < -0.4 is 5.32 Å². The number of nitrogens with one attached hydrogen (secondary N) is 1. The van der Waals surface area contributed by atoms with Gasteiger partial charge >= 0.3 is 0 Å². The molecule has 74 valence electrons. The molecule has 2 nitrogen and oxygen atoms in total. The monoisotopic (exact) mass is 172 g/mol. The molecule has 2 atom stereocenters. The Labute approximate surface area is 77.3 Å². The van der Waals surface area contributed by atoms with Gasteiger partial charge in [0.1, 0.15) is 0 Å². The van der Waals surface area contributed by atoms with Crippen molar-refractivity contribution in [1.29, 1.82) is 0 Å². The summed E-state index contributed by atoms with van der Waals surface area (Å²) in [6.45, 7) is 7.80. The first-order chi connectivity index (χ1) is 5.61. The van der Waals surface area contributed by atoms with Gasteiger partial charge in [-0.15, -0.1) is 0 Å². The van der Waals surface area contributed by atoms with Crippen LogP contribution in [0.2, 0.25) is 0 Å². The second kappa shape index (κ2) is 6.44. The van der Waals surface area contributed by atoms with Crippen molar-refractivity contribution < 1.29 is 0 Å². The van der Waals surface area contributed by atoms with Gasteiger partial charge in [-0.3, -0.25) is 0 Å². The van der Waals surface area contributed by atoms with E-state index in [1.165, 1.54) is 12.8 Å². The molecule has 0 spiro atoms. The first kappa shape index (κ1) is 11.9. The molecule has 0 aromatic carbocycles. The van der Waals surface area contributed by atoms with Crippen molar-refractivity contribution in [1.82, 2.24) is 10.2 Å². The highest BCUT2D eigenvalue weighted by Gasteiger charge is 2.08. The van der Waals surface area contributed by atoms with E-state index in [0.717, 1.165) is 6.54 Å². The summed E-state index contributed by atoms with van der Waals surface area (Å²) >= 11 is 0. The Morgan fingerprint density at radius 3 is 2.08 bits per heavy atom. The summed E-state index contributed by atoms with van der Waals surface area (Å²) in [6.07, 6.45) is 2.43. The van der Waals surface area contributed by atoms with Gasteiger partial charge in [0.2, 0.25) is 0 Å². The van der Waals surface area contributed by atoms with Crippen LogP contribution >= 0.6 is 0 Å². The zero-order valence-electron chi connectivity index (χ0n) is 9.22. The molecule has 0 radical (unpaired) electrons. The van der Waals surface area contributed by atoms with Gasteiger partial charge in [-0.2, -0.15) is 0 Å². The Kier molecular flexibility index (Phi) is 6.39. The van der Waals surface area contributed by atoms with Gasteiger partial charge in [-0.1, -0.05) is 13.8 Å². The predicted octanol–water partition coefficient (Wildman–Crippen LogP) is 1.71. The lowest BCUT2D eigenvalue weighted by atomic mass is 10.2. The van der Waals surface area contributed by atoms with Crippen molar-refractivity contribution in [2.75, 3.05) is 20.6 Å². The zero-order chi connectivity index (χ0) is 9.56. The van der Waals surface area contributed by atoms with Gasteiger partial charge in [0, 0.05) is 18.6 Å². The van der Waals surface area contributed by atoms with Gasteiger partial charge < -0.3 is 10.2 Å². The predicted molar refractivity (Wildman–Crippen MR) is 55.5 cm³/mol. The van der Waals surface area contributed by atoms with Crippen molar-refractivity contribution in [3.63, 3.8) is 0 Å². The molecule has 0 fully saturated rings. The minimum absolute atomic E-state index is 0.652. The molecule has 0 aliphatic rings. The lowest BCUT2D eigenvalue weighted by Crippen LogP contribution is -2.40. The number of hydrogen-bond donors (Lipinski definition) is 1. The molecule has 0 aromatic heterocycles. The smallest absolute Gasteiger partial charge is 0.0212 e. The number of rotatable bonds is 6. The van der Waals surface area contributed by atoms with E-state index >= 15 is 0 Å². The Hall–Kier alpha value is -0.0800. The third-order valence-corrected chi connectivity index (χ3v) is 2.52. The first-order valence-electron chi connectivity index (χ1n) is 5.01. The fourth-order valence-electron chi connectivity index (χ4n) is 1.17. The summed E-state index contributed by atoms with van der Waals surface area (Å²) in [5, 5.41) is 3.52. The van der Waals surface area contributed by atoms with Gasteiger partial charge in [-0.25, -0.2) is 0 Å². The lowest BCUT2D eigenvalue weighted by molar-refractivity contribution is 0.269. The molecule has 12 heavy (non-hydrogen) atoms. The van der Waals surface area contributed by atoms with Gasteiger partial charge in [0.25, 0.3) is 0 Å². The van der Waals surface area contributed by atoms with Crippen LogP contribution in [0.15, 0.2) is 0 Å². The highest BCUT2D eigenvalue weighted by Crippen LogP contribution is 1.98. The fourth-order valence-corrected chi connectivity index (χ4v) is 1.17. The van der Waals surface area contributed by atoms with Crippen molar-refractivity contribution >= 4 is 0 Å². The first-order valence-corrected chi connectivity index (χ1v) is 5.01. The molecule has 0 rings (SSSR count). The van der Waals surface area contributed by atoms with Crippen LogP contribution in [0.4, 0.5) is 0 Å². The summed E-state index contributed by atoms with van der Waals surface area (Å²) in [5.41, 5.74) is 0. The average molecular weight is 172 g/mol. The molecule has 0 saturated heterocycles. The molecule has 2 unspecified atom stereocenters. The maximum absolute atomic E-state index is 3.52. The van der Waals surface area contributed by atoms with E-state index in [2.05, 4.69) is 45.1 Å². The molecule has 0 saturated carbocycles. The second-order valence-corrected chi connectivity index (χ2v) is 3.74. The summed E-state index contributed by atoms with van der Waals surface area (Å²) in [4.78, 5) is 2.29. The molecule has 1 N–H and O–H groups in total. The second-order valence-electron chi connectivity index (χ2n) is 3.74. The van der Waals surface area contributed by atoms with Crippen LogP contribution in [0.3, 0.4) is 0 Å². The molecular formula is C10H24N2. The Morgan fingerprint density at radius 2 is 1.75 bits per heavy atom. The molecule has 0 heterocycles. The maximum atomic E-state index is 3.52. The van der Waals surface area contributed by atoms with Crippen molar-refractivity contribution in [3.05, 3.63) is 0 Å². The van der Waals surface area contributed by atoms with Crippen molar-refractivity contribution in [3.8, 4) is 0 Å². The lowest BCUT2D eigenvalue weighted by Gasteiger charge is -2.24. The summed E-state index contributed by atoms with van der Waals surface area (Å²) < 4.78 is 0. The third-order valence-electron chi connectivity index (χ3n) is 2.52. The van der Waals surface area contributed by atoms with E-state index in [0.29, 0.717) is 12.1 Å². The van der Waals surface area contributed by atoms with E-state index in [9.17, 15) is 0 Å². The molecule has 0 aromatic rings. The van der Waals surface area contributed by atoms with Gasteiger partial charge in [-0.05, 0) is 33.9 Å². The van der Waals surface area contributed by atoms with Crippen LogP contribution in [0.5, 0.6) is 0 Å². The van der Waals surface area contributed by atoms with Crippen LogP contribution in [-0.4, -0.2) is 37.6 Å². The summed E-state index contributed by atoms with van der Waals surface area (Å²) in [5.74, 6) is 0. The average Bonchev–Trinajstić information content (AvgIpc) is 2.04. The highest BCUT2D eigenvalue weighted by molar-refractivity contribution is 4.69. The Balaban J connectivity index is 3.58. The van der Waals surface area contributed by atoms with Crippen molar-refractivity contribution in [2.24, 2.45) is 0 Å². The largest absolute Gasteiger partial charge is 0.313 e. The Morgan fingerprint density at radius 1 is 1.17 bits per heavy atom. The summed E-state index contributed by atoms with van der Waals surface area (Å²) in [6, 6.07) is 1.33. The van der Waals surface area contributed by atoms with E-state index < -0.39 is 0 Å². The van der Waals surface area contributed by atoms with Crippen LogP contribution in [-0.2, 0) is 0 Å². The SMILES string of the molecule is CCC(C)NCC(CC)N(C)C. The molecule has 2 heteroatoms. The van der Waals surface area contributed by atoms with E-state index in [4.69, 9.17) is 0 Å². The number of likely N-dealkylation sites (N-methyl/N-ethyl adjacent to an activating group) is 1. The van der Waals surface area contributed by atoms with E-state index in [1.54, 1.807) is 0 Å². The Bertz CT molecular complexity index is 102. The highest BCUT2D eigenvalue weighted by atomic mass is 15.1. The minimum Gasteiger partial charge on any atom is -0.313 e. The summed E-state index contributed by atoms with van der Waals surface area (Å²) in [7, 11) is 4.29. The fraction of sp³-hybridized carbons (Fsp3) is 1.00. The van der Waals surface area contributed by atoms with E-state index in [-0.39, 0.29) is 0 Å².